The molecular formula is C23H21F3N4O5. The summed E-state index contributed by atoms with van der Waals surface area (Å²) < 4.78 is 46.4. The summed E-state index contributed by atoms with van der Waals surface area (Å²) in [6.45, 7) is 1.93. The Labute approximate surface area is 198 Å². The molecule has 0 unspecified atom stereocenters. The number of carbonyl (C=O) groups excluding carboxylic acids is 3. The summed E-state index contributed by atoms with van der Waals surface area (Å²) in [6.07, 6.45) is -2.40. The summed E-state index contributed by atoms with van der Waals surface area (Å²) in [7, 11) is 0. The maximum atomic E-state index is 13.3. The molecule has 3 aliphatic rings. The number of hydrogen-bond acceptors (Lipinski definition) is 6. The van der Waals surface area contributed by atoms with Crippen LogP contribution >= 0.6 is 0 Å². The van der Waals surface area contributed by atoms with E-state index in [1.54, 1.807) is 17.0 Å². The van der Waals surface area contributed by atoms with Gasteiger partial charge in [-0.05, 0) is 54.8 Å². The number of nitrogens with zero attached hydrogens (tertiary/aromatic N) is 4. The monoisotopic (exact) mass is 490 g/mol. The highest BCUT2D eigenvalue weighted by atomic mass is 19.4. The van der Waals surface area contributed by atoms with Gasteiger partial charge in [0.25, 0.3) is 11.8 Å². The van der Waals surface area contributed by atoms with Gasteiger partial charge in [-0.25, -0.2) is 9.69 Å². The molecule has 2 aliphatic heterocycles. The van der Waals surface area contributed by atoms with Crippen molar-refractivity contribution in [2.24, 2.45) is 0 Å². The third kappa shape index (κ3) is 4.41. The lowest BCUT2D eigenvalue weighted by Gasteiger charge is -2.26. The van der Waals surface area contributed by atoms with E-state index in [0.29, 0.717) is 44.7 Å². The van der Waals surface area contributed by atoms with Crippen LogP contribution in [0.15, 0.2) is 42.6 Å². The van der Waals surface area contributed by atoms with Crippen LogP contribution in [-0.2, 0) is 16.1 Å². The Bertz CT molecular complexity index is 1160. The predicted molar refractivity (Wildman–Crippen MR) is 114 cm³/mol. The third-order valence-corrected chi connectivity index (χ3v) is 6.27. The van der Waals surface area contributed by atoms with Crippen LogP contribution in [0.25, 0.3) is 0 Å². The van der Waals surface area contributed by atoms with Crippen molar-refractivity contribution in [3.8, 4) is 5.75 Å². The Kier molecular flexibility index (Phi) is 5.62. The lowest BCUT2D eigenvalue weighted by Crippen LogP contribution is -2.41. The molecule has 35 heavy (non-hydrogen) atoms. The van der Waals surface area contributed by atoms with E-state index < -0.39 is 29.6 Å². The number of anilines is 1. The number of hydrogen-bond donors (Lipinski definition) is 0. The van der Waals surface area contributed by atoms with E-state index in [1.807, 2.05) is 0 Å². The minimum atomic E-state index is -4.85. The average molecular weight is 490 g/mol. The van der Waals surface area contributed by atoms with Crippen molar-refractivity contribution in [2.45, 2.75) is 31.3 Å². The number of aromatic nitrogens is 1. The summed E-state index contributed by atoms with van der Waals surface area (Å²) in [5.74, 6) is -1.11. The van der Waals surface area contributed by atoms with Gasteiger partial charge in [0.15, 0.2) is 0 Å². The van der Waals surface area contributed by atoms with Crippen molar-refractivity contribution in [1.82, 2.24) is 14.8 Å². The minimum absolute atomic E-state index is 0.0856. The second kappa shape index (κ2) is 8.52. The first-order valence-electron chi connectivity index (χ1n) is 11.0. The molecule has 3 fully saturated rings. The van der Waals surface area contributed by atoms with Gasteiger partial charge in [-0.15, -0.1) is 13.2 Å². The van der Waals surface area contributed by atoms with E-state index in [0.717, 1.165) is 17.0 Å². The fraction of sp³-hybridized carbons (Fsp3) is 0.391. The smallest absolute Gasteiger partial charge is 0.406 e. The molecule has 4 amide bonds. The second-order valence-corrected chi connectivity index (χ2v) is 8.54. The number of pyridine rings is 1. The van der Waals surface area contributed by atoms with Gasteiger partial charge in [-0.3, -0.25) is 14.6 Å². The lowest BCUT2D eigenvalue weighted by molar-refractivity contribution is -0.274. The van der Waals surface area contributed by atoms with Crippen molar-refractivity contribution in [3.05, 3.63) is 53.9 Å². The van der Waals surface area contributed by atoms with Gasteiger partial charge in [0.05, 0.1) is 18.9 Å². The van der Waals surface area contributed by atoms with Crippen LogP contribution in [0.2, 0.25) is 0 Å². The summed E-state index contributed by atoms with van der Waals surface area (Å²) in [5, 5.41) is 0. The molecule has 2 saturated heterocycles. The number of rotatable bonds is 5. The summed E-state index contributed by atoms with van der Waals surface area (Å²) in [4.78, 5) is 47.5. The number of alkyl halides is 3. The van der Waals surface area contributed by atoms with Crippen molar-refractivity contribution in [1.29, 1.82) is 0 Å². The van der Waals surface area contributed by atoms with E-state index in [4.69, 9.17) is 4.74 Å². The van der Waals surface area contributed by atoms with Crippen LogP contribution in [0.3, 0.4) is 0 Å². The molecule has 5 rings (SSSR count). The average Bonchev–Trinajstić information content (AvgIpc) is 3.61. The van der Waals surface area contributed by atoms with Crippen LogP contribution in [0.4, 0.5) is 23.7 Å². The molecule has 3 heterocycles. The second-order valence-electron chi connectivity index (χ2n) is 8.54. The van der Waals surface area contributed by atoms with Crippen LogP contribution in [0.5, 0.6) is 5.75 Å². The molecule has 0 radical (unpaired) electrons. The van der Waals surface area contributed by atoms with Crippen molar-refractivity contribution in [2.75, 3.05) is 31.2 Å². The SMILES string of the molecule is O=C(c1cc(CN2C(=O)N(c3ccc(OC(F)(F)F)cc3)C(=O)C23CC3)ccn1)N1CCOCC1. The number of urea groups is 1. The first-order chi connectivity index (χ1) is 16.7. The Morgan fingerprint density at radius 3 is 2.40 bits per heavy atom. The standard InChI is InChI=1S/C23H21F3N4O5/c24-23(25,26)35-17-3-1-16(2-4-17)30-20(32)22(6-7-22)29(21(30)33)14-15-5-8-27-18(13-15)19(31)28-9-11-34-12-10-28/h1-5,8,13H,6-7,9-12,14H2. The topological polar surface area (TPSA) is 92.3 Å². The number of benzene rings is 1. The van der Waals surface area contributed by atoms with Gasteiger partial charge >= 0.3 is 12.4 Å². The maximum Gasteiger partial charge on any atom is 0.573 e. The van der Waals surface area contributed by atoms with Crippen LogP contribution in [-0.4, -0.2) is 70.8 Å². The molecule has 1 aliphatic carbocycles. The van der Waals surface area contributed by atoms with E-state index >= 15 is 0 Å². The Balaban J connectivity index is 1.35. The van der Waals surface area contributed by atoms with Crippen LogP contribution in [0, 0.1) is 0 Å². The molecule has 0 bridgehead atoms. The number of amides is 4. The Morgan fingerprint density at radius 2 is 1.77 bits per heavy atom. The number of morpholine rings is 1. The van der Waals surface area contributed by atoms with E-state index in [2.05, 4.69) is 9.72 Å². The van der Waals surface area contributed by atoms with Gasteiger partial charge in [-0.2, -0.15) is 0 Å². The number of imide groups is 1. The number of halogens is 3. The highest BCUT2D eigenvalue weighted by molar-refractivity contribution is 6.24. The summed E-state index contributed by atoms with van der Waals surface area (Å²) in [5.41, 5.74) is 0.0425. The van der Waals surface area contributed by atoms with Crippen LogP contribution in [0.1, 0.15) is 28.9 Å². The van der Waals surface area contributed by atoms with Gasteiger partial charge < -0.3 is 19.3 Å². The van der Waals surface area contributed by atoms with E-state index in [-0.39, 0.29) is 23.8 Å². The van der Waals surface area contributed by atoms with E-state index in [9.17, 15) is 27.6 Å². The molecule has 184 valence electrons. The lowest BCUT2D eigenvalue weighted by atomic mass is 10.1. The summed E-state index contributed by atoms with van der Waals surface area (Å²) in [6, 6.07) is 7.29. The molecule has 12 heteroatoms. The van der Waals surface area contributed by atoms with Crippen molar-refractivity contribution < 1.29 is 37.0 Å². The molecular weight excluding hydrogens is 469 g/mol. The normalized spacial score (nSPS) is 19.5. The fourth-order valence-corrected chi connectivity index (χ4v) is 4.36. The zero-order valence-electron chi connectivity index (χ0n) is 18.5. The fourth-order valence-electron chi connectivity index (χ4n) is 4.36. The van der Waals surface area contributed by atoms with Gasteiger partial charge in [0, 0.05) is 25.8 Å². The number of carbonyl (C=O) groups is 3. The molecule has 1 saturated carbocycles. The molecule has 1 aromatic carbocycles. The largest absolute Gasteiger partial charge is 0.573 e. The van der Waals surface area contributed by atoms with Crippen molar-refractivity contribution in [3.63, 3.8) is 0 Å². The highest BCUT2D eigenvalue weighted by Gasteiger charge is 2.65. The Morgan fingerprint density at radius 1 is 1.09 bits per heavy atom. The highest BCUT2D eigenvalue weighted by Crippen LogP contribution is 2.49. The first kappa shape index (κ1) is 23.1. The van der Waals surface area contributed by atoms with Crippen molar-refractivity contribution >= 4 is 23.5 Å². The number of ether oxygens (including phenoxy) is 2. The molecule has 0 atom stereocenters. The minimum Gasteiger partial charge on any atom is -0.406 e. The zero-order valence-corrected chi connectivity index (χ0v) is 18.5. The molecule has 9 nitrogen and oxygen atoms in total. The van der Waals surface area contributed by atoms with Crippen LogP contribution < -0.4 is 9.64 Å². The predicted octanol–water partition coefficient (Wildman–Crippen LogP) is 2.95. The molecule has 0 N–H and O–H groups in total. The van der Waals surface area contributed by atoms with Gasteiger partial charge in [0.2, 0.25) is 0 Å². The third-order valence-electron chi connectivity index (χ3n) is 6.27. The van der Waals surface area contributed by atoms with E-state index in [1.165, 1.54) is 23.2 Å². The van der Waals surface area contributed by atoms with Gasteiger partial charge in [-0.1, -0.05) is 0 Å². The molecule has 1 aromatic heterocycles. The zero-order chi connectivity index (χ0) is 24.8. The maximum absolute atomic E-state index is 13.3. The Hall–Kier alpha value is -3.67. The first-order valence-corrected chi connectivity index (χ1v) is 11.0. The summed E-state index contributed by atoms with van der Waals surface area (Å²) >= 11 is 0. The molecule has 2 aromatic rings. The quantitative estimate of drug-likeness (QED) is 0.599. The molecule has 1 spiro atoms. The van der Waals surface area contributed by atoms with Gasteiger partial charge in [0.1, 0.15) is 17.0 Å².